The van der Waals surface area contributed by atoms with Gasteiger partial charge in [0.1, 0.15) is 12.4 Å². The summed E-state index contributed by atoms with van der Waals surface area (Å²) in [7, 11) is 0. The first kappa shape index (κ1) is 17.0. The molecule has 0 unspecified atom stereocenters. The molecule has 4 rings (SSSR count). The SMILES string of the molecule is C=C1c2ccccc2C(=O)N1CC(=O)NCc1nc2ccccc2n1CC. The first-order valence-corrected chi connectivity index (χ1v) is 8.91. The van der Waals surface area contributed by atoms with Crippen LogP contribution in [0.5, 0.6) is 0 Å². The van der Waals surface area contributed by atoms with Crippen molar-refractivity contribution in [3.05, 3.63) is 72.1 Å². The highest BCUT2D eigenvalue weighted by atomic mass is 16.2. The number of aryl methyl sites for hydroxylation is 1. The van der Waals surface area contributed by atoms with Crippen LogP contribution >= 0.6 is 0 Å². The molecule has 1 aliphatic rings. The predicted molar refractivity (Wildman–Crippen MR) is 104 cm³/mol. The Balaban J connectivity index is 1.46. The van der Waals surface area contributed by atoms with Gasteiger partial charge in [-0.1, -0.05) is 36.9 Å². The molecule has 0 radical (unpaired) electrons. The van der Waals surface area contributed by atoms with Gasteiger partial charge >= 0.3 is 0 Å². The molecule has 6 heteroatoms. The monoisotopic (exact) mass is 360 g/mol. The third-order valence-electron chi connectivity index (χ3n) is 4.83. The van der Waals surface area contributed by atoms with Crippen LogP contribution in [0.4, 0.5) is 0 Å². The number of fused-ring (bicyclic) bond motifs is 2. The third kappa shape index (κ3) is 2.89. The van der Waals surface area contributed by atoms with E-state index in [1.807, 2.05) is 49.4 Å². The Morgan fingerprint density at radius 2 is 1.81 bits per heavy atom. The molecule has 0 aliphatic carbocycles. The minimum Gasteiger partial charge on any atom is -0.347 e. The van der Waals surface area contributed by atoms with Crippen LogP contribution in [0.1, 0.15) is 28.7 Å². The fourth-order valence-electron chi connectivity index (χ4n) is 3.49. The average Bonchev–Trinajstić information content (AvgIpc) is 3.17. The number of aromatic nitrogens is 2. The van der Waals surface area contributed by atoms with Gasteiger partial charge in [-0.15, -0.1) is 0 Å². The molecule has 1 aliphatic heterocycles. The maximum atomic E-state index is 12.5. The first-order valence-electron chi connectivity index (χ1n) is 8.91. The van der Waals surface area contributed by atoms with E-state index in [-0.39, 0.29) is 18.4 Å². The number of carbonyl (C=O) groups excluding carboxylic acids is 2. The smallest absolute Gasteiger partial charge is 0.259 e. The van der Waals surface area contributed by atoms with E-state index in [9.17, 15) is 9.59 Å². The van der Waals surface area contributed by atoms with Gasteiger partial charge in [0.15, 0.2) is 0 Å². The molecule has 6 nitrogen and oxygen atoms in total. The Labute approximate surface area is 157 Å². The van der Waals surface area contributed by atoms with Gasteiger partial charge < -0.3 is 9.88 Å². The summed E-state index contributed by atoms with van der Waals surface area (Å²) in [5.74, 6) is 0.362. The molecular weight excluding hydrogens is 340 g/mol. The topological polar surface area (TPSA) is 67.2 Å². The van der Waals surface area contributed by atoms with Gasteiger partial charge in [0.05, 0.1) is 17.6 Å². The van der Waals surface area contributed by atoms with Crippen LogP contribution in [0, 0.1) is 0 Å². The van der Waals surface area contributed by atoms with Gasteiger partial charge in [-0.3, -0.25) is 14.5 Å². The van der Waals surface area contributed by atoms with E-state index >= 15 is 0 Å². The van der Waals surface area contributed by atoms with Crippen LogP contribution in [0.2, 0.25) is 0 Å². The van der Waals surface area contributed by atoms with Crippen molar-refractivity contribution in [2.45, 2.75) is 20.0 Å². The van der Waals surface area contributed by atoms with Crippen LogP contribution < -0.4 is 5.32 Å². The van der Waals surface area contributed by atoms with Crippen molar-refractivity contribution in [1.82, 2.24) is 19.8 Å². The van der Waals surface area contributed by atoms with Crippen LogP contribution in [0.25, 0.3) is 16.7 Å². The molecule has 27 heavy (non-hydrogen) atoms. The number of hydrogen-bond acceptors (Lipinski definition) is 3. The number of imidazole rings is 1. The quantitative estimate of drug-likeness (QED) is 0.761. The molecule has 0 bridgehead atoms. The molecule has 2 amide bonds. The Kier molecular flexibility index (Phi) is 4.24. The molecule has 136 valence electrons. The predicted octanol–water partition coefficient (Wildman–Crippen LogP) is 2.80. The summed E-state index contributed by atoms with van der Waals surface area (Å²) in [6, 6.07) is 15.2. The Bertz CT molecular complexity index is 1030. The summed E-state index contributed by atoms with van der Waals surface area (Å²) >= 11 is 0. The lowest BCUT2D eigenvalue weighted by atomic mass is 10.1. The molecule has 1 N–H and O–H groups in total. The lowest BCUT2D eigenvalue weighted by Gasteiger charge is -2.17. The van der Waals surface area contributed by atoms with Gasteiger partial charge in [0, 0.05) is 23.4 Å². The number of nitrogens with zero attached hydrogens (tertiary/aromatic N) is 3. The van der Waals surface area contributed by atoms with Crippen LogP contribution in [-0.2, 0) is 17.9 Å². The minimum absolute atomic E-state index is 0.0568. The molecule has 3 aromatic rings. The summed E-state index contributed by atoms with van der Waals surface area (Å²) in [5.41, 5.74) is 3.88. The number of rotatable bonds is 5. The van der Waals surface area contributed by atoms with Crippen molar-refractivity contribution in [2.24, 2.45) is 0 Å². The van der Waals surface area contributed by atoms with Crippen LogP contribution in [0.3, 0.4) is 0 Å². The summed E-state index contributed by atoms with van der Waals surface area (Å²) in [4.78, 5) is 31.0. The van der Waals surface area contributed by atoms with Gasteiger partial charge in [0.2, 0.25) is 5.91 Å². The Morgan fingerprint density at radius 1 is 1.11 bits per heavy atom. The van der Waals surface area contributed by atoms with Crippen molar-refractivity contribution in [3.8, 4) is 0 Å². The van der Waals surface area contributed by atoms with Gasteiger partial charge in [-0.05, 0) is 25.1 Å². The van der Waals surface area contributed by atoms with Gasteiger partial charge in [-0.2, -0.15) is 0 Å². The van der Waals surface area contributed by atoms with E-state index in [2.05, 4.69) is 21.4 Å². The number of benzene rings is 2. The molecule has 0 spiro atoms. The Hall–Kier alpha value is -3.41. The molecule has 1 aromatic heterocycles. The zero-order chi connectivity index (χ0) is 19.0. The average molecular weight is 360 g/mol. The number of amides is 2. The standard InChI is InChI=1S/C21H20N4O2/c1-3-24-18-11-7-6-10-17(18)23-19(24)12-22-20(26)13-25-14(2)15-8-4-5-9-16(15)21(25)27/h4-11H,2-3,12-13H2,1H3,(H,22,26). The number of nitrogens with one attached hydrogen (secondary N) is 1. The van der Waals surface area contributed by atoms with E-state index < -0.39 is 0 Å². The molecule has 0 saturated heterocycles. The highest BCUT2D eigenvalue weighted by Crippen LogP contribution is 2.30. The molecule has 0 atom stereocenters. The van der Waals surface area contributed by atoms with Crippen molar-refractivity contribution >= 4 is 28.5 Å². The number of para-hydroxylation sites is 2. The normalized spacial score (nSPS) is 13.3. The second kappa shape index (κ2) is 6.72. The van der Waals surface area contributed by atoms with Crippen LogP contribution in [-0.4, -0.2) is 32.8 Å². The van der Waals surface area contributed by atoms with Crippen molar-refractivity contribution < 1.29 is 9.59 Å². The van der Waals surface area contributed by atoms with Crippen molar-refractivity contribution in [2.75, 3.05) is 6.54 Å². The maximum Gasteiger partial charge on any atom is 0.259 e. The summed E-state index contributed by atoms with van der Waals surface area (Å²) in [6.45, 7) is 7.03. The highest BCUT2D eigenvalue weighted by Gasteiger charge is 2.31. The maximum absolute atomic E-state index is 12.5. The third-order valence-corrected chi connectivity index (χ3v) is 4.83. The summed E-state index contributed by atoms with van der Waals surface area (Å²) in [5, 5.41) is 2.87. The zero-order valence-electron chi connectivity index (χ0n) is 15.1. The molecule has 0 saturated carbocycles. The second-order valence-corrected chi connectivity index (χ2v) is 6.42. The lowest BCUT2D eigenvalue weighted by Crippen LogP contribution is -2.37. The number of carbonyl (C=O) groups is 2. The lowest BCUT2D eigenvalue weighted by molar-refractivity contribution is -0.121. The highest BCUT2D eigenvalue weighted by molar-refractivity contribution is 6.10. The van der Waals surface area contributed by atoms with Gasteiger partial charge in [-0.25, -0.2) is 4.98 Å². The van der Waals surface area contributed by atoms with Crippen LogP contribution in [0.15, 0.2) is 55.1 Å². The molecule has 0 fully saturated rings. The molecular formula is C21H20N4O2. The van der Waals surface area contributed by atoms with Gasteiger partial charge in [0.25, 0.3) is 5.91 Å². The minimum atomic E-state index is -0.244. The Morgan fingerprint density at radius 3 is 2.56 bits per heavy atom. The van der Waals surface area contributed by atoms with E-state index in [0.29, 0.717) is 17.8 Å². The van der Waals surface area contributed by atoms with Crippen molar-refractivity contribution in [1.29, 1.82) is 0 Å². The molecule has 2 aromatic carbocycles. The van der Waals surface area contributed by atoms with Crippen molar-refractivity contribution in [3.63, 3.8) is 0 Å². The fourth-order valence-corrected chi connectivity index (χ4v) is 3.49. The fraction of sp³-hybridized carbons (Fsp3) is 0.190. The van der Waals surface area contributed by atoms with E-state index in [1.165, 1.54) is 4.90 Å². The number of hydrogen-bond donors (Lipinski definition) is 1. The first-order chi connectivity index (χ1) is 13.1. The van der Waals surface area contributed by atoms with E-state index in [4.69, 9.17) is 0 Å². The molecule has 2 heterocycles. The second-order valence-electron chi connectivity index (χ2n) is 6.42. The zero-order valence-corrected chi connectivity index (χ0v) is 15.1. The largest absolute Gasteiger partial charge is 0.347 e. The summed E-state index contributed by atoms with van der Waals surface area (Å²) < 4.78 is 2.07. The summed E-state index contributed by atoms with van der Waals surface area (Å²) in [6.07, 6.45) is 0. The van der Waals surface area contributed by atoms with E-state index in [1.54, 1.807) is 6.07 Å². The van der Waals surface area contributed by atoms with E-state index in [0.717, 1.165) is 29.0 Å².